The number of esters is 1. The minimum Gasteiger partial charge on any atom is -0.454 e. The molecule has 0 radical (unpaired) electrons. The number of hydrogen-bond donors (Lipinski definition) is 1. The van der Waals surface area contributed by atoms with Gasteiger partial charge in [0.05, 0.1) is 16.1 Å². The summed E-state index contributed by atoms with van der Waals surface area (Å²) < 4.78 is 42.8. The van der Waals surface area contributed by atoms with E-state index in [-0.39, 0.29) is 11.3 Å². The van der Waals surface area contributed by atoms with Gasteiger partial charge in [-0.15, -0.1) is 0 Å². The molecule has 0 fully saturated rings. The van der Waals surface area contributed by atoms with Gasteiger partial charge in [0.25, 0.3) is 23.4 Å². The molecule has 13 heteroatoms. The normalized spacial score (nSPS) is 13.0. The van der Waals surface area contributed by atoms with Gasteiger partial charge in [-0.25, -0.2) is 0 Å². The maximum Gasteiger partial charge on any atom is 0.416 e. The molecule has 0 aliphatic carbocycles. The minimum absolute atomic E-state index is 0.187. The summed E-state index contributed by atoms with van der Waals surface area (Å²) in [6.07, 6.45) is -4.62. The summed E-state index contributed by atoms with van der Waals surface area (Å²) in [6, 6.07) is 7.20. The van der Waals surface area contributed by atoms with Crippen molar-refractivity contribution in [1.29, 1.82) is 0 Å². The van der Waals surface area contributed by atoms with E-state index in [0.29, 0.717) is 11.0 Å². The molecule has 1 aliphatic rings. The Morgan fingerprint density at radius 1 is 1.09 bits per heavy atom. The Labute approximate surface area is 176 Å². The van der Waals surface area contributed by atoms with Gasteiger partial charge in [-0.3, -0.25) is 34.2 Å². The van der Waals surface area contributed by atoms with Crippen molar-refractivity contribution in [3.05, 3.63) is 69.3 Å². The number of nitro benzene ring substituents is 1. The number of ether oxygens (including phenoxy) is 1. The third-order valence-electron chi connectivity index (χ3n) is 4.30. The zero-order valence-electron chi connectivity index (χ0n) is 15.8. The van der Waals surface area contributed by atoms with E-state index in [0.717, 1.165) is 18.2 Å². The highest BCUT2D eigenvalue weighted by Crippen LogP contribution is 2.31. The van der Waals surface area contributed by atoms with E-state index >= 15 is 0 Å². The molecule has 32 heavy (non-hydrogen) atoms. The van der Waals surface area contributed by atoms with Gasteiger partial charge in [0.15, 0.2) is 6.61 Å². The second-order valence-corrected chi connectivity index (χ2v) is 6.44. The number of carbonyl (C=O) groups excluding carboxylic acids is 4. The number of amides is 3. The van der Waals surface area contributed by atoms with Crippen LogP contribution >= 0.6 is 0 Å². The number of carbonyl (C=O) groups is 4. The Bertz CT molecular complexity index is 1150. The van der Waals surface area contributed by atoms with Crippen molar-refractivity contribution in [1.82, 2.24) is 4.90 Å². The summed E-state index contributed by atoms with van der Waals surface area (Å²) in [6.45, 7) is -1.82. The van der Waals surface area contributed by atoms with Gasteiger partial charge in [-0.05, 0) is 24.3 Å². The van der Waals surface area contributed by atoms with Crippen LogP contribution < -0.4 is 5.32 Å². The van der Waals surface area contributed by atoms with Crippen molar-refractivity contribution in [2.75, 3.05) is 18.5 Å². The maximum atomic E-state index is 12.7. The largest absolute Gasteiger partial charge is 0.454 e. The smallest absolute Gasteiger partial charge is 0.416 e. The highest BCUT2D eigenvalue weighted by atomic mass is 19.4. The molecule has 0 saturated carbocycles. The number of anilines is 1. The van der Waals surface area contributed by atoms with Gasteiger partial charge < -0.3 is 10.1 Å². The lowest BCUT2D eigenvalue weighted by Gasteiger charge is -2.13. The lowest BCUT2D eigenvalue weighted by Crippen LogP contribution is -2.36. The van der Waals surface area contributed by atoms with Crippen molar-refractivity contribution < 1.29 is 42.0 Å². The molecule has 2 aromatic rings. The number of hydrogen-bond acceptors (Lipinski definition) is 7. The second-order valence-electron chi connectivity index (χ2n) is 6.44. The fourth-order valence-corrected chi connectivity index (χ4v) is 2.90. The summed E-state index contributed by atoms with van der Waals surface area (Å²) in [4.78, 5) is 59.2. The molecular weight excluding hydrogens is 439 g/mol. The molecule has 0 bridgehead atoms. The van der Waals surface area contributed by atoms with Crippen LogP contribution in [0.5, 0.6) is 0 Å². The van der Waals surface area contributed by atoms with E-state index in [9.17, 15) is 42.5 Å². The van der Waals surface area contributed by atoms with E-state index < -0.39 is 64.8 Å². The molecule has 1 aliphatic heterocycles. The summed E-state index contributed by atoms with van der Waals surface area (Å²) in [5.41, 5.74) is -2.49. The first-order valence-electron chi connectivity index (χ1n) is 8.75. The molecule has 2 aromatic carbocycles. The SMILES string of the molecule is O=C(COC(=O)CN1C(=O)c2cccc([N+](=O)[O-])c2C1=O)Nc1cccc(C(F)(F)F)c1. The zero-order valence-corrected chi connectivity index (χ0v) is 15.8. The molecule has 1 N–H and O–H groups in total. The quantitative estimate of drug-likeness (QED) is 0.308. The Morgan fingerprint density at radius 2 is 1.78 bits per heavy atom. The van der Waals surface area contributed by atoms with Gasteiger partial charge in [0.2, 0.25) is 0 Å². The van der Waals surface area contributed by atoms with Crippen LogP contribution in [0, 0.1) is 10.1 Å². The predicted molar refractivity (Wildman–Crippen MR) is 99.5 cm³/mol. The number of fused-ring (bicyclic) bond motifs is 1. The molecule has 0 atom stereocenters. The molecule has 10 nitrogen and oxygen atoms in total. The van der Waals surface area contributed by atoms with Crippen LogP contribution in [-0.2, 0) is 20.5 Å². The van der Waals surface area contributed by atoms with Crippen LogP contribution in [0.2, 0.25) is 0 Å². The number of halogens is 3. The molecular formula is C19H12F3N3O7. The number of alkyl halides is 3. The average molecular weight is 451 g/mol. The third kappa shape index (κ3) is 4.55. The van der Waals surface area contributed by atoms with Crippen LogP contribution in [0.25, 0.3) is 0 Å². The summed E-state index contributed by atoms with van der Waals surface area (Å²) >= 11 is 0. The van der Waals surface area contributed by atoms with Crippen LogP contribution in [0.4, 0.5) is 24.5 Å². The Hall–Kier alpha value is -4.29. The highest BCUT2D eigenvalue weighted by molar-refractivity contribution is 6.24. The van der Waals surface area contributed by atoms with Crippen molar-refractivity contribution in [3.8, 4) is 0 Å². The third-order valence-corrected chi connectivity index (χ3v) is 4.30. The van der Waals surface area contributed by atoms with E-state index in [1.807, 2.05) is 0 Å². The molecule has 0 unspecified atom stereocenters. The monoisotopic (exact) mass is 451 g/mol. The lowest BCUT2D eigenvalue weighted by atomic mass is 10.1. The number of rotatable bonds is 6. The predicted octanol–water partition coefficient (Wildman–Crippen LogP) is 2.39. The van der Waals surface area contributed by atoms with Crippen LogP contribution in [-0.4, -0.2) is 46.7 Å². The highest BCUT2D eigenvalue weighted by Gasteiger charge is 2.42. The van der Waals surface area contributed by atoms with Crippen molar-refractivity contribution in [2.45, 2.75) is 6.18 Å². The van der Waals surface area contributed by atoms with Gasteiger partial charge >= 0.3 is 12.1 Å². The van der Waals surface area contributed by atoms with Crippen molar-refractivity contribution >= 4 is 35.1 Å². The van der Waals surface area contributed by atoms with E-state index in [1.165, 1.54) is 18.2 Å². The molecule has 3 rings (SSSR count). The van der Waals surface area contributed by atoms with Gasteiger partial charge in [0.1, 0.15) is 12.1 Å². The van der Waals surface area contributed by atoms with Crippen LogP contribution in [0.3, 0.4) is 0 Å². The molecule has 1 heterocycles. The number of benzene rings is 2. The number of nitrogens with one attached hydrogen (secondary N) is 1. The van der Waals surface area contributed by atoms with Gasteiger partial charge in [-0.2, -0.15) is 13.2 Å². The molecule has 0 aromatic heterocycles. The van der Waals surface area contributed by atoms with Crippen molar-refractivity contribution in [2.24, 2.45) is 0 Å². The number of imide groups is 1. The van der Waals surface area contributed by atoms with Crippen LogP contribution in [0.15, 0.2) is 42.5 Å². The first-order chi connectivity index (χ1) is 15.0. The first kappa shape index (κ1) is 22.4. The number of nitrogens with zero attached hydrogens (tertiary/aromatic N) is 2. The fraction of sp³-hybridized carbons (Fsp3) is 0.158. The molecule has 166 valence electrons. The summed E-state index contributed by atoms with van der Waals surface area (Å²) in [5, 5.41) is 13.2. The standard InChI is InChI=1S/C19H12F3N3O7/c20-19(21,22)10-3-1-4-11(7-10)23-14(26)9-32-15(27)8-24-17(28)12-5-2-6-13(25(30)31)16(12)18(24)29/h1-7H,8-9H2,(H,23,26). The van der Waals surface area contributed by atoms with Gasteiger partial charge in [-0.1, -0.05) is 12.1 Å². The molecule has 0 saturated heterocycles. The fourth-order valence-electron chi connectivity index (χ4n) is 2.90. The maximum absolute atomic E-state index is 12.7. The van der Waals surface area contributed by atoms with E-state index in [1.54, 1.807) is 0 Å². The summed E-state index contributed by atoms with van der Waals surface area (Å²) in [7, 11) is 0. The lowest BCUT2D eigenvalue weighted by molar-refractivity contribution is -0.385. The Morgan fingerprint density at radius 3 is 2.44 bits per heavy atom. The average Bonchev–Trinajstić information content (AvgIpc) is 2.96. The molecule has 3 amide bonds. The zero-order chi connectivity index (χ0) is 23.6. The van der Waals surface area contributed by atoms with Gasteiger partial charge in [0, 0.05) is 11.8 Å². The first-order valence-corrected chi connectivity index (χ1v) is 8.75. The topological polar surface area (TPSA) is 136 Å². The van der Waals surface area contributed by atoms with Crippen molar-refractivity contribution in [3.63, 3.8) is 0 Å². The Kier molecular flexibility index (Phi) is 5.91. The van der Waals surface area contributed by atoms with E-state index in [4.69, 9.17) is 0 Å². The second kappa shape index (κ2) is 8.45. The Balaban J connectivity index is 1.59. The van der Waals surface area contributed by atoms with E-state index in [2.05, 4.69) is 10.1 Å². The number of nitro groups is 1. The minimum atomic E-state index is -4.62. The summed E-state index contributed by atoms with van der Waals surface area (Å²) in [5.74, 6) is -4.15. The van der Waals surface area contributed by atoms with Crippen LogP contribution in [0.1, 0.15) is 26.3 Å². The molecule has 0 spiro atoms.